The van der Waals surface area contributed by atoms with Crippen molar-refractivity contribution in [3.8, 4) is 0 Å². The SMILES string of the molecule is C=CCNc1ccc2c(C)cc(=O)oc2c1CC=C. The second-order valence-electron chi connectivity index (χ2n) is 4.38. The Bertz CT molecular complexity index is 683. The fourth-order valence-corrected chi connectivity index (χ4v) is 2.13. The molecule has 2 rings (SSSR count). The van der Waals surface area contributed by atoms with Gasteiger partial charge in [0.1, 0.15) is 5.58 Å². The van der Waals surface area contributed by atoms with Gasteiger partial charge >= 0.3 is 5.63 Å². The fraction of sp³-hybridized carbons (Fsp3) is 0.188. The van der Waals surface area contributed by atoms with Gasteiger partial charge in [0.2, 0.25) is 0 Å². The maximum atomic E-state index is 11.6. The number of hydrogen-bond acceptors (Lipinski definition) is 3. The van der Waals surface area contributed by atoms with Crippen molar-refractivity contribution in [1.82, 2.24) is 0 Å². The smallest absolute Gasteiger partial charge is 0.336 e. The quantitative estimate of drug-likeness (QED) is 0.657. The average Bonchev–Trinajstić information content (AvgIpc) is 2.38. The molecule has 1 aromatic heterocycles. The molecular weight excluding hydrogens is 238 g/mol. The Morgan fingerprint density at radius 1 is 1.32 bits per heavy atom. The molecule has 0 atom stereocenters. The van der Waals surface area contributed by atoms with Crippen molar-refractivity contribution < 1.29 is 4.42 Å². The van der Waals surface area contributed by atoms with Gasteiger partial charge in [0.25, 0.3) is 0 Å². The van der Waals surface area contributed by atoms with Gasteiger partial charge in [0.15, 0.2) is 0 Å². The summed E-state index contributed by atoms with van der Waals surface area (Å²) in [7, 11) is 0. The van der Waals surface area contributed by atoms with Crippen LogP contribution in [-0.2, 0) is 6.42 Å². The van der Waals surface area contributed by atoms with E-state index in [1.807, 2.05) is 19.1 Å². The van der Waals surface area contributed by atoms with E-state index < -0.39 is 0 Å². The zero-order valence-electron chi connectivity index (χ0n) is 11.0. The fourth-order valence-electron chi connectivity index (χ4n) is 2.13. The molecule has 0 aliphatic heterocycles. The largest absolute Gasteiger partial charge is 0.422 e. The van der Waals surface area contributed by atoms with Gasteiger partial charge in [0, 0.05) is 29.2 Å². The van der Waals surface area contributed by atoms with Crippen LogP contribution in [0.4, 0.5) is 5.69 Å². The van der Waals surface area contributed by atoms with Crippen molar-refractivity contribution >= 4 is 16.7 Å². The van der Waals surface area contributed by atoms with Gasteiger partial charge < -0.3 is 9.73 Å². The lowest BCUT2D eigenvalue weighted by atomic mass is 10.0. The van der Waals surface area contributed by atoms with Gasteiger partial charge in [-0.1, -0.05) is 12.2 Å². The van der Waals surface area contributed by atoms with Crippen LogP contribution in [0, 0.1) is 6.92 Å². The van der Waals surface area contributed by atoms with Crippen molar-refractivity contribution in [2.24, 2.45) is 0 Å². The summed E-state index contributed by atoms with van der Waals surface area (Å²) in [5.74, 6) is 0. The van der Waals surface area contributed by atoms with Crippen LogP contribution in [0.1, 0.15) is 11.1 Å². The van der Waals surface area contributed by atoms with E-state index in [-0.39, 0.29) is 5.63 Å². The molecule has 1 heterocycles. The van der Waals surface area contributed by atoms with E-state index in [0.29, 0.717) is 18.5 Å². The van der Waals surface area contributed by atoms with E-state index in [0.717, 1.165) is 22.2 Å². The van der Waals surface area contributed by atoms with Crippen LogP contribution in [0.15, 0.2) is 52.7 Å². The van der Waals surface area contributed by atoms with Crippen LogP contribution in [-0.4, -0.2) is 6.54 Å². The molecule has 3 nitrogen and oxygen atoms in total. The molecular formula is C16H17NO2. The first-order valence-corrected chi connectivity index (χ1v) is 6.19. The highest BCUT2D eigenvalue weighted by Crippen LogP contribution is 2.28. The number of benzene rings is 1. The molecule has 0 bridgehead atoms. The molecule has 0 aliphatic rings. The maximum absolute atomic E-state index is 11.6. The third-order valence-electron chi connectivity index (χ3n) is 3.01. The first-order valence-electron chi connectivity index (χ1n) is 6.19. The van der Waals surface area contributed by atoms with E-state index >= 15 is 0 Å². The predicted molar refractivity (Wildman–Crippen MR) is 79.8 cm³/mol. The molecule has 98 valence electrons. The molecule has 0 radical (unpaired) electrons. The normalized spacial score (nSPS) is 10.4. The lowest BCUT2D eigenvalue weighted by molar-refractivity contribution is 0.557. The maximum Gasteiger partial charge on any atom is 0.336 e. The van der Waals surface area contributed by atoms with E-state index in [1.54, 1.807) is 12.2 Å². The number of anilines is 1. The van der Waals surface area contributed by atoms with Gasteiger partial charge in [-0.25, -0.2) is 4.79 Å². The lowest BCUT2D eigenvalue weighted by Crippen LogP contribution is -2.05. The molecule has 0 amide bonds. The second-order valence-corrected chi connectivity index (χ2v) is 4.38. The van der Waals surface area contributed by atoms with Crippen LogP contribution in [0.25, 0.3) is 11.0 Å². The van der Waals surface area contributed by atoms with Crippen molar-refractivity contribution in [2.45, 2.75) is 13.3 Å². The van der Waals surface area contributed by atoms with Crippen molar-refractivity contribution in [3.63, 3.8) is 0 Å². The summed E-state index contributed by atoms with van der Waals surface area (Å²) in [6.45, 7) is 10.0. The highest BCUT2D eigenvalue weighted by Gasteiger charge is 2.11. The highest BCUT2D eigenvalue weighted by atomic mass is 16.4. The van der Waals surface area contributed by atoms with Gasteiger partial charge in [-0.05, 0) is 31.0 Å². The summed E-state index contributed by atoms with van der Waals surface area (Å²) >= 11 is 0. The Morgan fingerprint density at radius 3 is 2.79 bits per heavy atom. The molecule has 19 heavy (non-hydrogen) atoms. The van der Waals surface area contributed by atoms with Gasteiger partial charge in [-0.15, -0.1) is 13.2 Å². The van der Waals surface area contributed by atoms with Gasteiger partial charge in [-0.3, -0.25) is 0 Å². The minimum atomic E-state index is -0.323. The predicted octanol–water partition coefficient (Wildman–Crippen LogP) is 3.43. The molecule has 2 aromatic rings. The summed E-state index contributed by atoms with van der Waals surface area (Å²) in [5, 5.41) is 4.21. The van der Waals surface area contributed by atoms with Crippen LogP contribution >= 0.6 is 0 Å². The summed E-state index contributed by atoms with van der Waals surface area (Å²) in [6.07, 6.45) is 4.23. The Morgan fingerprint density at radius 2 is 2.11 bits per heavy atom. The molecule has 0 saturated heterocycles. The summed E-state index contributed by atoms with van der Waals surface area (Å²) in [5.41, 5.74) is 3.14. The first kappa shape index (κ1) is 13.1. The van der Waals surface area contributed by atoms with Crippen molar-refractivity contribution in [2.75, 3.05) is 11.9 Å². The van der Waals surface area contributed by atoms with Gasteiger partial charge in [0.05, 0.1) is 0 Å². The number of fused-ring (bicyclic) bond motifs is 1. The molecule has 0 aliphatic carbocycles. The monoisotopic (exact) mass is 255 g/mol. The standard InChI is InChI=1S/C16H17NO2/c1-4-6-13-14(17-9-5-2)8-7-12-11(3)10-15(18)19-16(12)13/h4-5,7-8,10,17H,1-2,6,9H2,3H3. The molecule has 1 aromatic carbocycles. The Hall–Kier alpha value is -2.29. The van der Waals surface area contributed by atoms with E-state index in [1.165, 1.54) is 6.07 Å². The second kappa shape index (κ2) is 5.57. The zero-order chi connectivity index (χ0) is 13.8. The molecule has 0 saturated carbocycles. The van der Waals surface area contributed by atoms with Gasteiger partial charge in [-0.2, -0.15) is 0 Å². The minimum Gasteiger partial charge on any atom is -0.422 e. The van der Waals surface area contributed by atoms with Crippen molar-refractivity contribution in [3.05, 3.63) is 65.1 Å². The lowest BCUT2D eigenvalue weighted by Gasteiger charge is -2.12. The molecule has 0 unspecified atom stereocenters. The summed E-state index contributed by atoms with van der Waals surface area (Å²) in [6, 6.07) is 5.47. The summed E-state index contributed by atoms with van der Waals surface area (Å²) < 4.78 is 5.38. The molecule has 0 spiro atoms. The van der Waals surface area contributed by atoms with Crippen LogP contribution in [0.3, 0.4) is 0 Å². The minimum absolute atomic E-state index is 0.323. The molecule has 0 fully saturated rings. The third kappa shape index (κ3) is 2.60. The van der Waals surface area contributed by atoms with E-state index in [9.17, 15) is 4.79 Å². The van der Waals surface area contributed by atoms with Crippen LogP contribution in [0.2, 0.25) is 0 Å². The van der Waals surface area contributed by atoms with Crippen LogP contribution < -0.4 is 10.9 Å². The Kier molecular flexibility index (Phi) is 3.85. The average molecular weight is 255 g/mol. The number of nitrogens with one attached hydrogen (secondary N) is 1. The molecule has 3 heteroatoms. The highest BCUT2D eigenvalue weighted by molar-refractivity contribution is 5.87. The number of aryl methyl sites for hydroxylation is 1. The van der Waals surface area contributed by atoms with E-state index in [4.69, 9.17) is 4.42 Å². The zero-order valence-corrected chi connectivity index (χ0v) is 11.0. The number of hydrogen-bond donors (Lipinski definition) is 1. The third-order valence-corrected chi connectivity index (χ3v) is 3.01. The Labute approximate surface area is 112 Å². The first-order chi connectivity index (χ1) is 9.17. The topological polar surface area (TPSA) is 42.2 Å². The van der Waals surface area contributed by atoms with Crippen molar-refractivity contribution in [1.29, 1.82) is 0 Å². The Balaban J connectivity index is 2.71. The number of allylic oxidation sites excluding steroid dienone is 1. The van der Waals surface area contributed by atoms with E-state index in [2.05, 4.69) is 18.5 Å². The van der Waals surface area contributed by atoms with Crippen LogP contribution in [0.5, 0.6) is 0 Å². The number of rotatable bonds is 5. The molecule has 1 N–H and O–H groups in total. The summed E-state index contributed by atoms with van der Waals surface area (Å²) in [4.78, 5) is 11.6.